The summed E-state index contributed by atoms with van der Waals surface area (Å²) in [5, 5.41) is 19.9. The number of ketones is 1. The van der Waals surface area contributed by atoms with Gasteiger partial charge in [0.1, 0.15) is 11.5 Å². The van der Waals surface area contributed by atoms with Crippen LogP contribution in [0.3, 0.4) is 0 Å². The van der Waals surface area contributed by atoms with Crippen molar-refractivity contribution in [2.45, 2.75) is 25.7 Å². The van der Waals surface area contributed by atoms with Gasteiger partial charge in [-0.15, -0.1) is 0 Å². The summed E-state index contributed by atoms with van der Waals surface area (Å²) < 4.78 is 0. The molecule has 0 aromatic heterocycles. The van der Waals surface area contributed by atoms with Crippen molar-refractivity contribution in [2.24, 2.45) is 0 Å². The molecule has 0 aliphatic heterocycles. The van der Waals surface area contributed by atoms with Crippen molar-refractivity contribution in [1.82, 2.24) is 0 Å². The molecular weight excluding hydrogens is 396 g/mol. The average molecular weight is 423 g/mol. The van der Waals surface area contributed by atoms with Gasteiger partial charge in [0.25, 0.3) is 0 Å². The highest BCUT2D eigenvalue weighted by Crippen LogP contribution is 2.39. The molecular formula is C29H26O3. The fourth-order valence-corrected chi connectivity index (χ4v) is 4.42. The Bertz CT molecular complexity index is 1130. The first-order chi connectivity index (χ1) is 15.5. The highest BCUT2D eigenvalue weighted by Gasteiger charge is 2.33. The Morgan fingerprint density at radius 3 is 1.31 bits per heavy atom. The topological polar surface area (TPSA) is 57.5 Å². The third-order valence-corrected chi connectivity index (χ3v) is 5.96. The fraction of sp³-hybridized carbons (Fsp3) is 0.138. The predicted molar refractivity (Wildman–Crippen MR) is 127 cm³/mol. The van der Waals surface area contributed by atoms with Crippen LogP contribution >= 0.6 is 0 Å². The van der Waals surface area contributed by atoms with Gasteiger partial charge < -0.3 is 10.2 Å². The van der Waals surface area contributed by atoms with E-state index < -0.39 is 11.8 Å². The van der Waals surface area contributed by atoms with Crippen LogP contribution in [0.1, 0.15) is 45.2 Å². The van der Waals surface area contributed by atoms with Gasteiger partial charge in [0.15, 0.2) is 5.78 Å². The van der Waals surface area contributed by atoms with Crippen LogP contribution in [0.25, 0.3) is 0 Å². The van der Waals surface area contributed by atoms with Gasteiger partial charge in [-0.3, -0.25) is 4.79 Å². The SMILES string of the molecule is Cc1cc(O)ccc1C(C(=O)C(c1ccccc1)c1ccc(O)cc1C)c1ccccc1. The summed E-state index contributed by atoms with van der Waals surface area (Å²) in [5.74, 6) is -0.602. The number of phenolic OH excluding ortho intramolecular Hbond substituents is 2. The Labute approximate surface area is 188 Å². The molecule has 2 unspecified atom stereocenters. The van der Waals surface area contributed by atoms with Crippen LogP contribution in [0.15, 0.2) is 97.1 Å². The molecule has 0 fully saturated rings. The summed E-state index contributed by atoms with van der Waals surface area (Å²) >= 11 is 0. The number of hydrogen-bond donors (Lipinski definition) is 2. The van der Waals surface area contributed by atoms with Crippen molar-refractivity contribution in [3.05, 3.63) is 130 Å². The van der Waals surface area contributed by atoms with E-state index in [4.69, 9.17) is 0 Å². The molecule has 160 valence electrons. The van der Waals surface area contributed by atoms with Crippen LogP contribution in [0, 0.1) is 13.8 Å². The molecule has 3 nitrogen and oxygen atoms in total. The molecule has 4 aromatic carbocycles. The molecule has 3 heteroatoms. The van der Waals surface area contributed by atoms with Gasteiger partial charge in [-0.1, -0.05) is 72.8 Å². The Kier molecular flexibility index (Phi) is 6.09. The molecule has 2 N–H and O–H groups in total. The molecule has 0 radical (unpaired) electrons. The van der Waals surface area contributed by atoms with Gasteiger partial charge in [-0.25, -0.2) is 0 Å². The van der Waals surface area contributed by atoms with Crippen LogP contribution in [0.2, 0.25) is 0 Å². The van der Waals surface area contributed by atoms with Crippen molar-refractivity contribution in [3.8, 4) is 11.5 Å². The van der Waals surface area contributed by atoms with E-state index in [0.717, 1.165) is 33.4 Å². The number of carbonyl (C=O) groups excluding carboxylic acids is 1. The molecule has 0 bridgehead atoms. The molecule has 32 heavy (non-hydrogen) atoms. The zero-order valence-corrected chi connectivity index (χ0v) is 18.2. The van der Waals surface area contributed by atoms with Gasteiger partial charge in [0.05, 0.1) is 11.8 Å². The normalized spacial score (nSPS) is 12.8. The summed E-state index contributed by atoms with van der Waals surface area (Å²) in [6, 6.07) is 29.9. The van der Waals surface area contributed by atoms with E-state index in [1.54, 1.807) is 24.3 Å². The Morgan fingerprint density at radius 1 is 0.594 bits per heavy atom. The van der Waals surface area contributed by atoms with Crippen LogP contribution in [-0.4, -0.2) is 16.0 Å². The van der Waals surface area contributed by atoms with Gasteiger partial charge in [-0.05, 0) is 71.5 Å². The van der Waals surface area contributed by atoms with E-state index in [-0.39, 0.29) is 17.3 Å². The van der Waals surface area contributed by atoms with Crippen molar-refractivity contribution in [3.63, 3.8) is 0 Å². The minimum Gasteiger partial charge on any atom is -0.508 e. The summed E-state index contributed by atoms with van der Waals surface area (Å²) in [6.45, 7) is 3.84. The standard InChI is InChI=1S/C29H26O3/c1-19-17-23(30)13-15-25(19)27(21-9-5-3-6-10-21)29(32)28(22-11-7-4-8-12-22)26-16-14-24(31)18-20(26)2/h3-18,27-28,30-31H,1-2H3. The highest BCUT2D eigenvalue weighted by atomic mass is 16.3. The third kappa shape index (κ3) is 4.28. The molecule has 0 spiro atoms. The first kappa shape index (κ1) is 21.4. The largest absolute Gasteiger partial charge is 0.508 e. The molecule has 0 aliphatic carbocycles. The third-order valence-electron chi connectivity index (χ3n) is 5.96. The summed E-state index contributed by atoms with van der Waals surface area (Å²) in [6.07, 6.45) is 0. The van der Waals surface area contributed by atoms with E-state index in [1.165, 1.54) is 0 Å². The van der Waals surface area contributed by atoms with E-state index in [0.29, 0.717) is 0 Å². The monoisotopic (exact) mass is 422 g/mol. The molecule has 2 atom stereocenters. The molecule has 0 amide bonds. The number of Topliss-reactive ketones (excluding diaryl/α,β-unsaturated/α-hetero) is 1. The lowest BCUT2D eigenvalue weighted by atomic mass is 9.75. The highest BCUT2D eigenvalue weighted by molar-refractivity contribution is 5.97. The number of carbonyl (C=O) groups is 1. The quantitative estimate of drug-likeness (QED) is 0.386. The second-order valence-electron chi connectivity index (χ2n) is 8.17. The maximum Gasteiger partial charge on any atom is 0.156 e. The first-order valence-electron chi connectivity index (χ1n) is 10.7. The number of aryl methyl sites for hydroxylation is 2. The lowest BCUT2D eigenvalue weighted by Crippen LogP contribution is -2.24. The van der Waals surface area contributed by atoms with Crippen molar-refractivity contribution in [2.75, 3.05) is 0 Å². The molecule has 4 aromatic rings. The maximum atomic E-state index is 14.4. The fourth-order valence-electron chi connectivity index (χ4n) is 4.42. The number of phenols is 2. The predicted octanol–water partition coefficient (Wildman–Crippen LogP) is 6.25. The maximum absolute atomic E-state index is 14.4. The Morgan fingerprint density at radius 2 is 0.969 bits per heavy atom. The number of hydrogen-bond acceptors (Lipinski definition) is 3. The van der Waals surface area contributed by atoms with Crippen LogP contribution in [0.4, 0.5) is 0 Å². The number of benzene rings is 4. The molecule has 0 heterocycles. The zero-order chi connectivity index (χ0) is 22.7. The van der Waals surface area contributed by atoms with E-state index in [9.17, 15) is 15.0 Å². The van der Waals surface area contributed by atoms with Crippen LogP contribution < -0.4 is 0 Å². The minimum absolute atomic E-state index is 0.0463. The van der Waals surface area contributed by atoms with E-state index >= 15 is 0 Å². The average Bonchev–Trinajstić information content (AvgIpc) is 2.79. The van der Waals surface area contributed by atoms with Crippen molar-refractivity contribution in [1.29, 1.82) is 0 Å². The molecule has 4 rings (SSSR count). The van der Waals surface area contributed by atoms with Gasteiger partial charge >= 0.3 is 0 Å². The van der Waals surface area contributed by atoms with E-state index in [1.807, 2.05) is 86.6 Å². The Balaban J connectivity index is 1.92. The second kappa shape index (κ2) is 9.11. The molecule has 0 aliphatic rings. The van der Waals surface area contributed by atoms with Crippen molar-refractivity contribution >= 4 is 5.78 Å². The summed E-state index contributed by atoms with van der Waals surface area (Å²) in [5.41, 5.74) is 5.28. The van der Waals surface area contributed by atoms with Gasteiger partial charge in [0, 0.05) is 0 Å². The van der Waals surface area contributed by atoms with Crippen LogP contribution in [0.5, 0.6) is 11.5 Å². The van der Waals surface area contributed by atoms with Gasteiger partial charge in [0.2, 0.25) is 0 Å². The summed E-state index contributed by atoms with van der Waals surface area (Å²) in [7, 11) is 0. The zero-order valence-electron chi connectivity index (χ0n) is 18.2. The molecule has 0 saturated heterocycles. The lowest BCUT2D eigenvalue weighted by Gasteiger charge is -2.26. The van der Waals surface area contributed by atoms with E-state index in [2.05, 4.69) is 0 Å². The smallest absolute Gasteiger partial charge is 0.156 e. The Hall–Kier alpha value is -3.85. The number of aromatic hydroxyl groups is 2. The first-order valence-corrected chi connectivity index (χ1v) is 10.7. The summed E-state index contributed by atoms with van der Waals surface area (Å²) in [4.78, 5) is 14.4. The van der Waals surface area contributed by atoms with Crippen molar-refractivity contribution < 1.29 is 15.0 Å². The molecule has 0 saturated carbocycles. The van der Waals surface area contributed by atoms with Crippen LogP contribution in [-0.2, 0) is 4.79 Å². The minimum atomic E-state index is -0.504. The second-order valence-corrected chi connectivity index (χ2v) is 8.17. The lowest BCUT2D eigenvalue weighted by molar-refractivity contribution is -0.120. The number of rotatable bonds is 6. The van der Waals surface area contributed by atoms with Gasteiger partial charge in [-0.2, -0.15) is 0 Å².